The SMILES string of the molecule is CCC1(CC)CC(=O)N(C)C2CC[C@@H]3[C@@H](CC[C@]4(C)C(C(N)=O)CC[C@@H]34)[C@]21C. The Bertz CT molecular complexity index is 672. The minimum absolute atomic E-state index is 0.0571. The highest BCUT2D eigenvalue weighted by molar-refractivity contribution is 5.79. The highest BCUT2D eigenvalue weighted by Gasteiger charge is 2.67. The molecule has 2 N–H and O–H groups in total. The number of primary amides is 1. The first kappa shape index (κ1) is 20.2. The quantitative estimate of drug-likeness (QED) is 0.780. The molecule has 4 aliphatic rings. The van der Waals surface area contributed by atoms with Gasteiger partial charge in [0.2, 0.25) is 11.8 Å². The van der Waals surface area contributed by atoms with Crippen LogP contribution in [-0.4, -0.2) is 29.8 Å². The molecule has 4 nitrogen and oxygen atoms in total. The Kier molecular flexibility index (Phi) is 4.67. The lowest BCUT2D eigenvalue weighted by Gasteiger charge is -2.68. The van der Waals surface area contributed by atoms with E-state index in [4.69, 9.17) is 5.73 Å². The maximum Gasteiger partial charge on any atom is 0.223 e. The van der Waals surface area contributed by atoms with Crippen LogP contribution in [0.5, 0.6) is 0 Å². The molecule has 7 atom stereocenters. The van der Waals surface area contributed by atoms with E-state index < -0.39 is 0 Å². The average Bonchev–Trinajstić information content (AvgIpc) is 3.02. The molecule has 0 bridgehead atoms. The third-order valence-corrected chi connectivity index (χ3v) is 10.9. The second kappa shape index (κ2) is 6.47. The Morgan fingerprint density at radius 1 is 1.07 bits per heavy atom. The molecule has 0 aromatic carbocycles. The third kappa shape index (κ3) is 2.29. The van der Waals surface area contributed by atoms with E-state index in [0.717, 1.165) is 38.5 Å². The summed E-state index contributed by atoms with van der Waals surface area (Å²) in [6.45, 7) is 9.50. The van der Waals surface area contributed by atoms with Crippen molar-refractivity contribution in [2.75, 3.05) is 7.05 Å². The summed E-state index contributed by atoms with van der Waals surface area (Å²) in [5, 5.41) is 0. The maximum atomic E-state index is 12.9. The Labute approximate surface area is 171 Å². The summed E-state index contributed by atoms with van der Waals surface area (Å²) in [4.78, 5) is 27.2. The van der Waals surface area contributed by atoms with Crippen molar-refractivity contribution in [1.29, 1.82) is 0 Å². The van der Waals surface area contributed by atoms with Crippen molar-refractivity contribution in [3.8, 4) is 0 Å². The molecule has 0 radical (unpaired) electrons. The normalized spacial score (nSPS) is 47.2. The Hall–Kier alpha value is -1.06. The molecule has 4 heteroatoms. The zero-order valence-electron chi connectivity index (χ0n) is 18.6. The van der Waals surface area contributed by atoms with E-state index in [1.54, 1.807) is 0 Å². The van der Waals surface area contributed by atoms with Crippen LogP contribution in [0.15, 0.2) is 0 Å². The fraction of sp³-hybridized carbons (Fsp3) is 0.917. The van der Waals surface area contributed by atoms with Crippen LogP contribution in [0, 0.1) is 39.9 Å². The van der Waals surface area contributed by atoms with Crippen LogP contribution in [0.25, 0.3) is 0 Å². The van der Waals surface area contributed by atoms with Crippen molar-refractivity contribution in [3.63, 3.8) is 0 Å². The minimum atomic E-state index is -0.0807. The zero-order valence-corrected chi connectivity index (χ0v) is 18.6. The van der Waals surface area contributed by atoms with E-state index in [-0.39, 0.29) is 28.1 Å². The molecule has 0 aromatic heterocycles. The van der Waals surface area contributed by atoms with Gasteiger partial charge in [0.05, 0.1) is 0 Å². The number of fused-ring (bicyclic) bond motifs is 5. The molecule has 3 aliphatic carbocycles. The third-order valence-electron chi connectivity index (χ3n) is 10.9. The fourth-order valence-corrected chi connectivity index (χ4v) is 9.18. The first-order valence-electron chi connectivity index (χ1n) is 11.7. The Morgan fingerprint density at radius 2 is 1.75 bits per heavy atom. The van der Waals surface area contributed by atoms with Crippen LogP contribution in [0.2, 0.25) is 0 Å². The van der Waals surface area contributed by atoms with Gasteiger partial charge in [0.1, 0.15) is 0 Å². The number of hydrogen-bond acceptors (Lipinski definition) is 2. The number of amides is 2. The number of rotatable bonds is 3. The van der Waals surface area contributed by atoms with Gasteiger partial charge in [-0.3, -0.25) is 9.59 Å². The van der Waals surface area contributed by atoms with Gasteiger partial charge in [-0.15, -0.1) is 0 Å². The molecule has 2 amide bonds. The molecule has 0 spiro atoms. The summed E-state index contributed by atoms with van der Waals surface area (Å²) in [7, 11) is 2.05. The molecule has 1 aliphatic heterocycles. The molecular formula is C24H40N2O2. The summed E-state index contributed by atoms with van der Waals surface area (Å²) in [6, 6.07) is 0.368. The van der Waals surface area contributed by atoms with Crippen LogP contribution in [0.1, 0.15) is 85.5 Å². The molecule has 4 rings (SSSR count). The minimum Gasteiger partial charge on any atom is -0.369 e. The van der Waals surface area contributed by atoms with Gasteiger partial charge >= 0.3 is 0 Å². The lowest BCUT2D eigenvalue weighted by atomic mass is 9.40. The largest absolute Gasteiger partial charge is 0.369 e. The van der Waals surface area contributed by atoms with Crippen molar-refractivity contribution in [2.24, 2.45) is 45.7 Å². The van der Waals surface area contributed by atoms with Gasteiger partial charge < -0.3 is 10.6 Å². The van der Waals surface area contributed by atoms with Crippen LogP contribution in [0.3, 0.4) is 0 Å². The number of hydrogen-bond donors (Lipinski definition) is 1. The molecule has 0 aromatic rings. The highest BCUT2D eigenvalue weighted by Crippen LogP contribution is 2.70. The number of piperidine rings is 1. The van der Waals surface area contributed by atoms with Crippen LogP contribution in [-0.2, 0) is 9.59 Å². The number of nitrogens with zero attached hydrogens (tertiary/aromatic N) is 1. The molecule has 28 heavy (non-hydrogen) atoms. The zero-order chi connectivity index (χ0) is 20.5. The molecule has 3 saturated carbocycles. The second-order valence-corrected chi connectivity index (χ2v) is 11.0. The van der Waals surface area contributed by atoms with Crippen LogP contribution < -0.4 is 5.73 Å². The van der Waals surface area contributed by atoms with E-state index in [1.807, 2.05) is 7.05 Å². The fourth-order valence-electron chi connectivity index (χ4n) is 9.18. The highest BCUT2D eigenvalue weighted by atomic mass is 16.2. The van der Waals surface area contributed by atoms with Gasteiger partial charge in [-0.05, 0) is 85.4 Å². The first-order chi connectivity index (χ1) is 13.2. The number of likely N-dealkylation sites (tertiary alicyclic amines) is 1. The van der Waals surface area contributed by atoms with E-state index in [2.05, 4.69) is 32.6 Å². The summed E-state index contributed by atoms with van der Waals surface area (Å²) in [5.41, 5.74) is 6.20. The van der Waals surface area contributed by atoms with E-state index >= 15 is 0 Å². The topological polar surface area (TPSA) is 63.4 Å². The Morgan fingerprint density at radius 3 is 2.36 bits per heavy atom. The number of nitrogens with two attached hydrogens (primary N) is 1. The molecule has 1 heterocycles. The van der Waals surface area contributed by atoms with E-state index in [0.29, 0.717) is 36.1 Å². The van der Waals surface area contributed by atoms with Gasteiger partial charge in [0.15, 0.2) is 0 Å². The first-order valence-corrected chi connectivity index (χ1v) is 11.7. The standard InChI is InChI=1S/C24H40N2O2/c1-6-24(7-2)14-20(27)26(5)19-11-8-15-16-9-10-18(21(25)28)22(16,3)13-12-17(15)23(19,24)4/h15-19H,6-14H2,1-5H3,(H2,25,28)/t15-,16-,17+,18?,19?,22-,23+/m0/s1. The molecular weight excluding hydrogens is 348 g/mol. The Balaban J connectivity index is 1.75. The van der Waals surface area contributed by atoms with Crippen LogP contribution in [0.4, 0.5) is 0 Å². The van der Waals surface area contributed by atoms with Crippen molar-refractivity contribution in [3.05, 3.63) is 0 Å². The van der Waals surface area contributed by atoms with Crippen molar-refractivity contribution in [2.45, 2.75) is 91.5 Å². The number of carbonyl (C=O) groups is 2. The lowest BCUT2D eigenvalue weighted by molar-refractivity contribution is -0.199. The predicted octanol–water partition coefficient (Wildman–Crippen LogP) is 4.37. The van der Waals surface area contributed by atoms with Gasteiger partial charge in [-0.25, -0.2) is 0 Å². The van der Waals surface area contributed by atoms with E-state index in [9.17, 15) is 9.59 Å². The van der Waals surface area contributed by atoms with E-state index in [1.165, 1.54) is 12.8 Å². The van der Waals surface area contributed by atoms with Gasteiger partial charge in [0.25, 0.3) is 0 Å². The molecule has 4 fully saturated rings. The van der Waals surface area contributed by atoms with Crippen molar-refractivity contribution < 1.29 is 9.59 Å². The summed E-state index contributed by atoms with van der Waals surface area (Å²) in [5.74, 6) is 2.29. The maximum absolute atomic E-state index is 12.9. The second-order valence-electron chi connectivity index (χ2n) is 11.0. The monoisotopic (exact) mass is 388 g/mol. The van der Waals surface area contributed by atoms with Gasteiger partial charge in [-0.2, -0.15) is 0 Å². The average molecular weight is 389 g/mol. The van der Waals surface area contributed by atoms with Crippen molar-refractivity contribution in [1.82, 2.24) is 4.90 Å². The number of carbonyl (C=O) groups excluding carboxylic acids is 2. The predicted molar refractivity (Wildman–Crippen MR) is 111 cm³/mol. The van der Waals surface area contributed by atoms with Gasteiger partial charge in [0, 0.05) is 25.4 Å². The molecule has 158 valence electrons. The summed E-state index contributed by atoms with van der Waals surface area (Å²) < 4.78 is 0. The summed E-state index contributed by atoms with van der Waals surface area (Å²) >= 11 is 0. The smallest absolute Gasteiger partial charge is 0.223 e. The van der Waals surface area contributed by atoms with Crippen LogP contribution >= 0.6 is 0 Å². The molecule has 2 unspecified atom stereocenters. The summed E-state index contributed by atoms with van der Waals surface area (Å²) in [6.07, 6.45) is 9.66. The van der Waals surface area contributed by atoms with Gasteiger partial charge in [-0.1, -0.05) is 27.7 Å². The lowest BCUT2D eigenvalue weighted by Crippen LogP contribution is -2.68. The molecule has 1 saturated heterocycles. The van der Waals surface area contributed by atoms with Crippen molar-refractivity contribution >= 4 is 11.8 Å².